The maximum Gasteiger partial charge on any atom is 0.237 e. The number of ether oxygens (including phenoxy) is 1. The van der Waals surface area contributed by atoms with Gasteiger partial charge in [0.1, 0.15) is 11.6 Å². The van der Waals surface area contributed by atoms with Crippen molar-refractivity contribution in [3.63, 3.8) is 0 Å². The number of halogens is 1. The fourth-order valence-electron chi connectivity index (χ4n) is 3.02. The number of rotatable bonds is 7. The molecule has 27 heavy (non-hydrogen) atoms. The van der Waals surface area contributed by atoms with E-state index in [9.17, 15) is 14.0 Å². The van der Waals surface area contributed by atoms with Crippen molar-refractivity contribution in [1.29, 1.82) is 0 Å². The number of furan rings is 1. The van der Waals surface area contributed by atoms with Gasteiger partial charge in [-0.1, -0.05) is 6.07 Å². The zero-order chi connectivity index (χ0) is 19.2. The zero-order valence-corrected chi connectivity index (χ0v) is 15.0. The molecule has 1 aliphatic heterocycles. The molecular formula is C19H22FN3O4. The first-order valence-electron chi connectivity index (χ1n) is 8.69. The molecule has 0 radical (unpaired) electrons. The Morgan fingerprint density at radius 2 is 2.30 bits per heavy atom. The van der Waals surface area contributed by atoms with Crippen molar-refractivity contribution in [3.05, 3.63) is 53.7 Å². The number of nitrogens with one attached hydrogen (secondary N) is 2. The van der Waals surface area contributed by atoms with E-state index in [1.165, 1.54) is 19.4 Å². The molecule has 7 nitrogen and oxygen atoms in total. The van der Waals surface area contributed by atoms with Gasteiger partial charge >= 0.3 is 0 Å². The first-order chi connectivity index (χ1) is 13.1. The number of carbonyl (C=O) groups is 2. The number of hydrogen-bond donors (Lipinski definition) is 2. The Labute approximate surface area is 156 Å². The fraction of sp³-hybridized carbons (Fsp3) is 0.368. The number of nitrogens with zero attached hydrogens (tertiary/aromatic N) is 1. The summed E-state index contributed by atoms with van der Waals surface area (Å²) in [5, 5.41) is 5.53. The van der Waals surface area contributed by atoms with Crippen LogP contribution >= 0.6 is 0 Å². The smallest absolute Gasteiger partial charge is 0.237 e. The average molecular weight is 375 g/mol. The second kappa shape index (κ2) is 8.68. The lowest BCUT2D eigenvalue weighted by molar-refractivity contribution is -0.134. The van der Waals surface area contributed by atoms with Gasteiger partial charge in [0, 0.05) is 43.4 Å². The van der Waals surface area contributed by atoms with Crippen molar-refractivity contribution >= 4 is 11.8 Å². The topological polar surface area (TPSA) is 83.8 Å². The summed E-state index contributed by atoms with van der Waals surface area (Å²) >= 11 is 0. The highest BCUT2D eigenvalue weighted by molar-refractivity contribution is 5.88. The molecule has 1 fully saturated rings. The van der Waals surface area contributed by atoms with Gasteiger partial charge in [0.2, 0.25) is 11.8 Å². The molecule has 0 spiro atoms. The summed E-state index contributed by atoms with van der Waals surface area (Å²) in [6.07, 6.45) is 3.08. The van der Waals surface area contributed by atoms with E-state index in [4.69, 9.17) is 9.15 Å². The van der Waals surface area contributed by atoms with Crippen LogP contribution in [0, 0.1) is 5.82 Å². The van der Waals surface area contributed by atoms with Crippen LogP contribution in [0.25, 0.3) is 0 Å². The van der Waals surface area contributed by atoms with E-state index in [1.54, 1.807) is 24.5 Å². The first-order valence-corrected chi connectivity index (χ1v) is 8.69. The lowest BCUT2D eigenvalue weighted by Gasteiger charge is -2.34. The van der Waals surface area contributed by atoms with Crippen molar-refractivity contribution in [2.45, 2.75) is 25.6 Å². The average Bonchev–Trinajstić information content (AvgIpc) is 3.18. The SMILES string of the molecule is COc1ccc(CN2CCNC(=O)[C@H]2CC(=O)NCc2ccoc2)c(F)c1. The Bertz CT molecular complexity index is 794. The van der Waals surface area contributed by atoms with Crippen LogP contribution in [-0.2, 0) is 22.7 Å². The quantitative estimate of drug-likeness (QED) is 0.765. The molecule has 8 heteroatoms. The number of carbonyl (C=O) groups excluding carboxylic acids is 2. The maximum atomic E-state index is 14.3. The van der Waals surface area contributed by atoms with Crippen LogP contribution in [0.4, 0.5) is 4.39 Å². The number of methoxy groups -OCH3 is 1. The minimum atomic E-state index is -0.649. The summed E-state index contributed by atoms with van der Waals surface area (Å²) in [4.78, 5) is 26.4. The van der Waals surface area contributed by atoms with Gasteiger partial charge in [-0.2, -0.15) is 0 Å². The second-order valence-electron chi connectivity index (χ2n) is 6.35. The minimum Gasteiger partial charge on any atom is -0.497 e. The predicted molar refractivity (Wildman–Crippen MR) is 95.3 cm³/mol. The van der Waals surface area contributed by atoms with Gasteiger partial charge in [0.05, 0.1) is 32.1 Å². The third-order valence-electron chi connectivity index (χ3n) is 4.52. The molecule has 2 aromatic rings. The normalized spacial score (nSPS) is 17.4. The van der Waals surface area contributed by atoms with Crippen LogP contribution in [0.5, 0.6) is 5.75 Å². The van der Waals surface area contributed by atoms with Gasteiger partial charge in [-0.15, -0.1) is 0 Å². The fourth-order valence-corrected chi connectivity index (χ4v) is 3.02. The monoisotopic (exact) mass is 375 g/mol. The zero-order valence-electron chi connectivity index (χ0n) is 15.0. The van der Waals surface area contributed by atoms with Crippen LogP contribution in [0.2, 0.25) is 0 Å². The summed E-state index contributed by atoms with van der Waals surface area (Å²) in [5.41, 5.74) is 1.29. The first kappa shape index (κ1) is 18.9. The lowest BCUT2D eigenvalue weighted by Crippen LogP contribution is -2.56. The van der Waals surface area contributed by atoms with Crippen LogP contribution in [-0.4, -0.2) is 43.0 Å². The summed E-state index contributed by atoms with van der Waals surface area (Å²) in [6, 6.07) is 5.73. The highest BCUT2D eigenvalue weighted by atomic mass is 19.1. The van der Waals surface area contributed by atoms with Gasteiger partial charge in [-0.3, -0.25) is 14.5 Å². The van der Waals surface area contributed by atoms with Gasteiger partial charge in [-0.25, -0.2) is 4.39 Å². The van der Waals surface area contributed by atoms with E-state index in [0.29, 0.717) is 30.9 Å². The van der Waals surface area contributed by atoms with Gasteiger partial charge in [0.25, 0.3) is 0 Å². The van der Waals surface area contributed by atoms with Crippen LogP contribution in [0.3, 0.4) is 0 Å². The Kier molecular flexibility index (Phi) is 6.08. The van der Waals surface area contributed by atoms with E-state index < -0.39 is 11.9 Å². The molecule has 2 N–H and O–H groups in total. The van der Waals surface area contributed by atoms with Crippen molar-refractivity contribution < 1.29 is 23.1 Å². The molecule has 0 unspecified atom stereocenters. The summed E-state index contributed by atoms with van der Waals surface area (Å²) in [6.45, 7) is 1.57. The molecule has 0 aliphatic carbocycles. The standard InChI is InChI=1S/C19H22FN3O4/c1-26-15-3-2-14(16(20)8-15)11-23-6-5-21-19(25)17(23)9-18(24)22-10-13-4-7-27-12-13/h2-4,7-8,12,17H,5-6,9-11H2,1H3,(H,21,25)(H,22,24)/t17-/m1/s1. The third kappa shape index (κ3) is 4.85. The Morgan fingerprint density at radius 3 is 3.00 bits per heavy atom. The highest BCUT2D eigenvalue weighted by Gasteiger charge is 2.32. The van der Waals surface area contributed by atoms with Crippen LogP contribution in [0.1, 0.15) is 17.5 Å². The molecule has 2 amide bonds. The molecule has 1 aromatic carbocycles. The minimum absolute atomic E-state index is 0.00145. The molecule has 1 aliphatic rings. The summed E-state index contributed by atoms with van der Waals surface area (Å²) < 4.78 is 24.2. The molecule has 1 saturated heterocycles. The number of piperazine rings is 1. The molecule has 2 heterocycles. The van der Waals surface area contributed by atoms with Gasteiger partial charge in [0.15, 0.2) is 0 Å². The van der Waals surface area contributed by atoms with Crippen LogP contribution in [0.15, 0.2) is 41.2 Å². The van der Waals surface area contributed by atoms with Crippen molar-refractivity contribution in [2.24, 2.45) is 0 Å². The molecule has 0 bridgehead atoms. The Morgan fingerprint density at radius 1 is 1.44 bits per heavy atom. The number of benzene rings is 1. The third-order valence-corrected chi connectivity index (χ3v) is 4.52. The van der Waals surface area contributed by atoms with E-state index in [0.717, 1.165) is 5.56 Å². The van der Waals surface area contributed by atoms with E-state index in [1.807, 2.05) is 4.90 Å². The Hall–Kier alpha value is -2.87. The lowest BCUT2D eigenvalue weighted by atomic mass is 10.1. The molecular weight excluding hydrogens is 353 g/mol. The van der Waals surface area contributed by atoms with Crippen molar-refractivity contribution in [3.8, 4) is 5.75 Å². The number of amides is 2. The van der Waals surface area contributed by atoms with E-state index in [-0.39, 0.29) is 24.8 Å². The molecule has 3 rings (SSSR count). The second-order valence-corrected chi connectivity index (χ2v) is 6.35. The number of hydrogen-bond acceptors (Lipinski definition) is 5. The molecule has 1 aromatic heterocycles. The Balaban J connectivity index is 1.64. The highest BCUT2D eigenvalue weighted by Crippen LogP contribution is 2.20. The maximum absolute atomic E-state index is 14.3. The molecule has 1 atom stereocenters. The van der Waals surface area contributed by atoms with Crippen molar-refractivity contribution in [1.82, 2.24) is 15.5 Å². The molecule has 0 saturated carbocycles. The largest absolute Gasteiger partial charge is 0.497 e. The van der Waals surface area contributed by atoms with Gasteiger partial charge < -0.3 is 19.8 Å². The van der Waals surface area contributed by atoms with Crippen molar-refractivity contribution in [2.75, 3.05) is 20.2 Å². The van der Waals surface area contributed by atoms with E-state index in [2.05, 4.69) is 10.6 Å². The predicted octanol–water partition coefficient (Wildman–Crippen LogP) is 1.43. The van der Waals surface area contributed by atoms with Gasteiger partial charge in [-0.05, 0) is 12.1 Å². The van der Waals surface area contributed by atoms with Crippen LogP contribution < -0.4 is 15.4 Å². The summed E-state index contributed by atoms with van der Waals surface area (Å²) in [5.74, 6) is -0.446. The molecule has 144 valence electrons. The summed E-state index contributed by atoms with van der Waals surface area (Å²) in [7, 11) is 1.47. The van der Waals surface area contributed by atoms with E-state index >= 15 is 0 Å².